The number of ether oxygens (including phenoxy) is 1. The van der Waals surface area contributed by atoms with Gasteiger partial charge in [-0.15, -0.1) is 0 Å². The smallest absolute Gasteiger partial charge is 0.264 e. The summed E-state index contributed by atoms with van der Waals surface area (Å²) in [7, 11) is -4.07. The lowest BCUT2D eigenvalue weighted by atomic mass is 10.2. The third kappa shape index (κ3) is 6.28. The zero-order chi connectivity index (χ0) is 24.0. The quantitative estimate of drug-likeness (QED) is 0.379. The predicted molar refractivity (Wildman–Crippen MR) is 133 cm³/mol. The maximum Gasteiger partial charge on any atom is 0.264 e. The summed E-state index contributed by atoms with van der Waals surface area (Å²) in [5.74, 6) is -0.000976. The average molecular weight is 505 g/mol. The summed E-state index contributed by atoms with van der Waals surface area (Å²) in [5, 5.41) is 3.15. The Kier molecular flexibility index (Phi) is 8.02. The van der Waals surface area contributed by atoms with Crippen LogP contribution < -0.4 is 14.4 Å². The number of anilines is 2. The molecule has 0 aromatic heterocycles. The van der Waals surface area contributed by atoms with Crippen LogP contribution >= 0.6 is 23.2 Å². The molecule has 3 rings (SSSR count). The number of rotatable bonds is 9. The Morgan fingerprint density at radius 1 is 1.06 bits per heavy atom. The number of sulfonamides is 1. The van der Waals surface area contributed by atoms with E-state index < -0.39 is 22.5 Å². The van der Waals surface area contributed by atoms with Gasteiger partial charge < -0.3 is 10.1 Å². The van der Waals surface area contributed by atoms with Gasteiger partial charge in [-0.05, 0) is 49.4 Å². The molecular weight excluding hydrogens is 483 g/mol. The minimum Gasteiger partial charge on any atom is -0.489 e. The summed E-state index contributed by atoms with van der Waals surface area (Å²) in [6.07, 6.45) is 1.61. The van der Waals surface area contributed by atoms with Crippen LogP contribution in [-0.2, 0) is 14.8 Å². The second kappa shape index (κ2) is 10.7. The molecule has 172 valence electrons. The van der Waals surface area contributed by atoms with Gasteiger partial charge in [0.15, 0.2) is 0 Å². The van der Waals surface area contributed by atoms with E-state index in [2.05, 4.69) is 11.9 Å². The van der Waals surface area contributed by atoms with Gasteiger partial charge in [0.2, 0.25) is 5.91 Å². The van der Waals surface area contributed by atoms with E-state index in [-0.39, 0.29) is 20.6 Å². The molecule has 1 amide bonds. The lowest BCUT2D eigenvalue weighted by Crippen LogP contribution is -2.38. The summed E-state index contributed by atoms with van der Waals surface area (Å²) in [5.41, 5.74) is 1.58. The van der Waals surface area contributed by atoms with E-state index >= 15 is 0 Å². The summed E-state index contributed by atoms with van der Waals surface area (Å²) in [6.45, 7) is 5.29. The summed E-state index contributed by atoms with van der Waals surface area (Å²) in [6, 6.07) is 17.5. The molecule has 0 unspecified atom stereocenters. The third-order valence-electron chi connectivity index (χ3n) is 4.57. The highest BCUT2D eigenvalue weighted by Crippen LogP contribution is 2.30. The normalized spacial score (nSPS) is 11.0. The van der Waals surface area contributed by atoms with E-state index in [0.717, 1.165) is 9.87 Å². The first kappa shape index (κ1) is 24.6. The van der Waals surface area contributed by atoms with Gasteiger partial charge in [-0.1, -0.05) is 59.6 Å². The molecule has 0 radical (unpaired) electrons. The number of carbonyl (C=O) groups is 1. The zero-order valence-corrected chi connectivity index (χ0v) is 20.1. The van der Waals surface area contributed by atoms with Crippen molar-refractivity contribution in [2.45, 2.75) is 11.8 Å². The van der Waals surface area contributed by atoms with Gasteiger partial charge in [0.05, 0.1) is 20.6 Å². The van der Waals surface area contributed by atoms with Crippen LogP contribution in [0.5, 0.6) is 5.75 Å². The van der Waals surface area contributed by atoms with E-state index in [1.165, 1.54) is 30.3 Å². The SMILES string of the molecule is C=CCOc1cccc(NC(=O)CN(c2ccc(Cl)c(Cl)c2)S(=O)(=O)c2ccc(C)cc2)c1. The van der Waals surface area contributed by atoms with Gasteiger partial charge in [0.1, 0.15) is 18.9 Å². The molecule has 33 heavy (non-hydrogen) atoms. The summed E-state index contributed by atoms with van der Waals surface area (Å²) in [4.78, 5) is 12.9. The highest BCUT2D eigenvalue weighted by atomic mass is 35.5. The van der Waals surface area contributed by atoms with E-state index in [1.54, 1.807) is 42.5 Å². The van der Waals surface area contributed by atoms with Crippen molar-refractivity contribution in [1.29, 1.82) is 0 Å². The zero-order valence-electron chi connectivity index (χ0n) is 17.8. The van der Waals surface area contributed by atoms with Crippen molar-refractivity contribution < 1.29 is 17.9 Å². The second-order valence-electron chi connectivity index (χ2n) is 7.10. The Morgan fingerprint density at radius 2 is 1.79 bits per heavy atom. The van der Waals surface area contributed by atoms with Crippen LogP contribution in [-0.4, -0.2) is 27.5 Å². The van der Waals surface area contributed by atoms with Crippen LogP contribution in [0.2, 0.25) is 10.0 Å². The van der Waals surface area contributed by atoms with Crippen molar-refractivity contribution >= 4 is 50.5 Å². The van der Waals surface area contributed by atoms with Crippen molar-refractivity contribution in [3.8, 4) is 5.75 Å². The van der Waals surface area contributed by atoms with Gasteiger partial charge in [0, 0.05) is 11.8 Å². The van der Waals surface area contributed by atoms with E-state index in [9.17, 15) is 13.2 Å². The minimum absolute atomic E-state index is 0.0480. The van der Waals surface area contributed by atoms with Crippen LogP contribution in [0.15, 0.2) is 84.3 Å². The van der Waals surface area contributed by atoms with E-state index in [1.807, 2.05) is 6.92 Å². The van der Waals surface area contributed by atoms with Crippen LogP contribution in [0.3, 0.4) is 0 Å². The minimum atomic E-state index is -4.07. The molecule has 0 fully saturated rings. The molecular formula is C24H22Cl2N2O4S. The fraction of sp³-hybridized carbons (Fsp3) is 0.125. The summed E-state index contributed by atoms with van der Waals surface area (Å²) >= 11 is 12.1. The molecule has 0 atom stereocenters. The standard InChI is InChI=1S/C24H22Cl2N2O4S/c1-3-13-32-20-6-4-5-18(14-20)27-24(29)16-28(19-9-12-22(25)23(26)15-19)33(30,31)21-10-7-17(2)8-11-21/h3-12,14-15H,1,13,16H2,2H3,(H,27,29). The Hall–Kier alpha value is -3.00. The third-order valence-corrected chi connectivity index (χ3v) is 7.10. The van der Waals surface area contributed by atoms with Gasteiger partial charge in [0.25, 0.3) is 10.0 Å². The number of benzene rings is 3. The number of hydrogen-bond donors (Lipinski definition) is 1. The fourth-order valence-corrected chi connectivity index (χ4v) is 4.65. The Labute approximate surface area is 203 Å². The first-order chi connectivity index (χ1) is 15.7. The Morgan fingerprint density at radius 3 is 2.45 bits per heavy atom. The topological polar surface area (TPSA) is 75.7 Å². The summed E-state index contributed by atoms with van der Waals surface area (Å²) < 4.78 is 33.3. The number of aryl methyl sites for hydroxylation is 1. The average Bonchev–Trinajstić information content (AvgIpc) is 2.78. The lowest BCUT2D eigenvalue weighted by molar-refractivity contribution is -0.114. The molecule has 9 heteroatoms. The fourth-order valence-electron chi connectivity index (χ4n) is 2.94. The molecule has 3 aromatic carbocycles. The molecule has 0 aliphatic heterocycles. The molecule has 0 aliphatic rings. The number of nitrogens with zero attached hydrogens (tertiary/aromatic N) is 1. The van der Waals surface area contributed by atoms with Crippen LogP contribution in [0.4, 0.5) is 11.4 Å². The van der Waals surface area contributed by atoms with Gasteiger partial charge >= 0.3 is 0 Å². The van der Waals surface area contributed by atoms with Crippen molar-refractivity contribution in [2.24, 2.45) is 0 Å². The number of halogens is 2. The first-order valence-electron chi connectivity index (χ1n) is 9.89. The number of carbonyl (C=O) groups excluding carboxylic acids is 1. The Bertz CT molecular complexity index is 1260. The number of nitrogens with one attached hydrogen (secondary N) is 1. The molecule has 1 N–H and O–H groups in total. The highest BCUT2D eigenvalue weighted by Gasteiger charge is 2.27. The molecule has 3 aromatic rings. The van der Waals surface area contributed by atoms with Gasteiger partial charge in [-0.25, -0.2) is 8.42 Å². The molecule has 0 aliphatic carbocycles. The van der Waals surface area contributed by atoms with Crippen LogP contribution in [0, 0.1) is 6.92 Å². The number of hydrogen-bond acceptors (Lipinski definition) is 4. The second-order valence-corrected chi connectivity index (χ2v) is 9.78. The Balaban J connectivity index is 1.91. The molecule has 0 heterocycles. The largest absolute Gasteiger partial charge is 0.489 e. The van der Waals surface area contributed by atoms with Gasteiger partial charge in [-0.2, -0.15) is 0 Å². The number of amides is 1. The maximum atomic E-state index is 13.4. The molecule has 0 bridgehead atoms. The van der Waals surface area contributed by atoms with Crippen molar-refractivity contribution in [3.63, 3.8) is 0 Å². The molecule has 0 saturated heterocycles. The van der Waals surface area contributed by atoms with Crippen molar-refractivity contribution in [3.05, 3.63) is 95.0 Å². The van der Waals surface area contributed by atoms with Crippen molar-refractivity contribution in [2.75, 3.05) is 22.8 Å². The monoisotopic (exact) mass is 504 g/mol. The predicted octanol–water partition coefficient (Wildman–Crippen LogP) is 5.70. The van der Waals surface area contributed by atoms with E-state index in [0.29, 0.717) is 18.0 Å². The first-order valence-corrected chi connectivity index (χ1v) is 12.1. The molecule has 0 saturated carbocycles. The van der Waals surface area contributed by atoms with Crippen LogP contribution in [0.25, 0.3) is 0 Å². The highest BCUT2D eigenvalue weighted by molar-refractivity contribution is 7.92. The molecule has 0 spiro atoms. The lowest BCUT2D eigenvalue weighted by Gasteiger charge is -2.24. The molecule has 6 nitrogen and oxygen atoms in total. The van der Waals surface area contributed by atoms with Crippen LogP contribution in [0.1, 0.15) is 5.56 Å². The van der Waals surface area contributed by atoms with Gasteiger partial charge in [-0.3, -0.25) is 9.10 Å². The maximum absolute atomic E-state index is 13.4. The van der Waals surface area contributed by atoms with Crippen molar-refractivity contribution in [1.82, 2.24) is 0 Å². The van der Waals surface area contributed by atoms with E-state index in [4.69, 9.17) is 27.9 Å².